The Morgan fingerprint density at radius 2 is 2.28 bits per heavy atom. The number of aromatic nitrogens is 2. The molecule has 1 atom stereocenters. The molecule has 5 heteroatoms. The highest BCUT2D eigenvalue weighted by molar-refractivity contribution is 5.47. The Hall–Kier alpha value is -1.20. The summed E-state index contributed by atoms with van der Waals surface area (Å²) in [5, 5.41) is 0. The summed E-state index contributed by atoms with van der Waals surface area (Å²) in [6.45, 7) is 7.34. The highest BCUT2D eigenvalue weighted by Gasteiger charge is 2.22. The zero-order valence-corrected chi connectivity index (χ0v) is 11.3. The van der Waals surface area contributed by atoms with Crippen LogP contribution in [0.3, 0.4) is 0 Å². The van der Waals surface area contributed by atoms with E-state index in [2.05, 4.69) is 21.8 Å². The Balaban J connectivity index is 2.06. The number of anilines is 1. The topological polar surface area (TPSA) is 47.5 Å². The number of nitrogens with zero attached hydrogens (tertiary/aromatic N) is 3. The normalized spacial score (nSPS) is 20.2. The lowest BCUT2D eigenvalue weighted by atomic mass is 10.2. The van der Waals surface area contributed by atoms with E-state index < -0.39 is 0 Å². The molecule has 0 unspecified atom stereocenters. The Kier molecular flexibility index (Phi) is 4.49. The zero-order valence-electron chi connectivity index (χ0n) is 11.3. The Morgan fingerprint density at radius 3 is 3.06 bits per heavy atom. The first kappa shape index (κ1) is 13.2. The van der Waals surface area contributed by atoms with Gasteiger partial charge >= 0.3 is 0 Å². The number of methoxy groups -OCH3 is 1. The van der Waals surface area contributed by atoms with Crippen molar-refractivity contribution >= 4 is 5.82 Å². The Morgan fingerprint density at radius 1 is 1.44 bits per heavy atom. The van der Waals surface area contributed by atoms with Crippen molar-refractivity contribution in [2.45, 2.75) is 26.4 Å². The molecule has 18 heavy (non-hydrogen) atoms. The minimum Gasteiger partial charge on any atom is -0.385 e. The molecule has 1 saturated heterocycles. The van der Waals surface area contributed by atoms with Crippen molar-refractivity contribution in [2.75, 3.05) is 38.3 Å². The summed E-state index contributed by atoms with van der Waals surface area (Å²) in [4.78, 5) is 10.9. The van der Waals surface area contributed by atoms with E-state index >= 15 is 0 Å². The monoisotopic (exact) mass is 251 g/mol. The van der Waals surface area contributed by atoms with E-state index in [0.717, 1.165) is 49.8 Å². The van der Waals surface area contributed by atoms with E-state index in [0.29, 0.717) is 0 Å². The summed E-state index contributed by atoms with van der Waals surface area (Å²) in [5.41, 5.74) is 2.20. The number of hydrogen-bond acceptors (Lipinski definition) is 5. The summed E-state index contributed by atoms with van der Waals surface area (Å²) in [6, 6.07) is 0. The molecule has 100 valence electrons. The van der Waals surface area contributed by atoms with E-state index in [1.54, 1.807) is 13.4 Å². The van der Waals surface area contributed by atoms with Gasteiger partial charge in [0.2, 0.25) is 0 Å². The minimum absolute atomic E-state index is 0.230. The van der Waals surface area contributed by atoms with Crippen molar-refractivity contribution in [3.63, 3.8) is 0 Å². The van der Waals surface area contributed by atoms with Crippen molar-refractivity contribution in [2.24, 2.45) is 0 Å². The van der Waals surface area contributed by atoms with Crippen LogP contribution in [0.15, 0.2) is 6.33 Å². The molecule has 1 aliphatic heterocycles. The smallest absolute Gasteiger partial charge is 0.135 e. The van der Waals surface area contributed by atoms with Crippen molar-refractivity contribution in [3.8, 4) is 0 Å². The Labute approximate surface area is 108 Å². The van der Waals surface area contributed by atoms with Crippen LogP contribution >= 0.6 is 0 Å². The van der Waals surface area contributed by atoms with E-state index in [1.165, 1.54) is 0 Å². The molecular formula is C13H21N3O2. The second-order valence-electron chi connectivity index (χ2n) is 4.63. The van der Waals surface area contributed by atoms with Gasteiger partial charge in [-0.3, -0.25) is 0 Å². The first-order chi connectivity index (χ1) is 8.72. The second kappa shape index (κ2) is 6.11. The third-order valence-electron chi connectivity index (χ3n) is 3.39. The molecule has 0 amide bonds. The molecule has 2 heterocycles. The molecule has 0 aliphatic carbocycles. The molecule has 1 aromatic rings. The van der Waals surface area contributed by atoms with Crippen LogP contribution in [0, 0.1) is 13.8 Å². The van der Waals surface area contributed by atoms with E-state index in [-0.39, 0.29) is 6.10 Å². The quantitative estimate of drug-likeness (QED) is 0.808. The predicted molar refractivity (Wildman–Crippen MR) is 70.0 cm³/mol. The van der Waals surface area contributed by atoms with E-state index in [9.17, 15) is 0 Å². The molecule has 0 saturated carbocycles. The van der Waals surface area contributed by atoms with Crippen LogP contribution in [-0.2, 0) is 9.47 Å². The summed E-state index contributed by atoms with van der Waals surface area (Å²) >= 11 is 0. The number of morpholine rings is 1. The largest absolute Gasteiger partial charge is 0.385 e. The maximum atomic E-state index is 5.74. The lowest BCUT2D eigenvalue weighted by molar-refractivity contribution is 0.0189. The van der Waals surface area contributed by atoms with Crippen molar-refractivity contribution < 1.29 is 9.47 Å². The van der Waals surface area contributed by atoms with Gasteiger partial charge in [0.05, 0.1) is 12.7 Å². The number of rotatable bonds is 4. The van der Waals surface area contributed by atoms with Gasteiger partial charge in [-0.15, -0.1) is 0 Å². The molecule has 0 N–H and O–H groups in total. The van der Waals surface area contributed by atoms with Gasteiger partial charge in [0.25, 0.3) is 0 Å². The van der Waals surface area contributed by atoms with Crippen LogP contribution in [0.2, 0.25) is 0 Å². The first-order valence-electron chi connectivity index (χ1n) is 6.36. The fourth-order valence-corrected chi connectivity index (χ4v) is 2.18. The van der Waals surface area contributed by atoms with Gasteiger partial charge in [-0.2, -0.15) is 0 Å². The van der Waals surface area contributed by atoms with Gasteiger partial charge in [0.15, 0.2) is 0 Å². The maximum Gasteiger partial charge on any atom is 0.135 e. The fourth-order valence-electron chi connectivity index (χ4n) is 2.18. The van der Waals surface area contributed by atoms with Gasteiger partial charge < -0.3 is 14.4 Å². The fraction of sp³-hybridized carbons (Fsp3) is 0.692. The van der Waals surface area contributed by atoms with Crippen LogP contribution < -0.4 is 4.90 Å². The van der Waals surface area contributed by atoms with Gasteiger partial charge in [-0.05, 0) is 20.3 Å². The molecule has 0 aromatic carbocycles. The van der Waals surface area contributed by atoms with Crippen molar-refractivity contribution in [1.82, 2.24) is 9.97 Å². The lowest BCUT2D eigenvalue weighted by Gasteiger charge is -2.34. The average molecular weight is 251 g/mol. The lowest BCUT2D eigenvalue weighted by Crippen LogP contribution is -2.43. The molecule has 0 radical (unpaired) electrons. The highest BCUT2D eigenvalue weighted by atomic mass is 16.5. The molecular weight excluding hydrogens is 230 g/mol. The SMILES string of the molecule is COCC[C@@H]1CN(c2ncnc(C)c2C)CCO1. The highest BCUT2D eigenvalue weighted by Crippen LogP contribution is 2.21. The number of hydrogen-bond donors (Lipinski definition) is 0. The third kappa shape index (κ3) is 2.97. The predicted octanol–water partition coefficient (Wildman–Crippen LogP) is 1.34. The average Bonchev–Trinajstić information content (AvgIpc) is 2.40. The summed E-state index contributed by atoms with van der Waals surface area (Å²) < 4.78 is 10.8. The molecule has 1 aliphatic rings. The molecule has 5 nitrogen and oxygen atoms in total. The van der Waals surface area contributed by atoms with Crippen LogP contribution in [0.1, 0.15) is 17.7 Å². The second-order valence-corrected chi connectivity index (χ2v) is 4.63. The third-order valence-corrected chi connectivity index (χ3v) is 3.39. The molecule has 1 fully saturated rings. The zero-order chi connectivity index (χ0) is 13.0. The first-order valence-corrected chi connectivity index (χ1v) is 6.36. The standard InChI is InChI=1S/C13H21N3O2/c1-10-11(2)14-9-15-13(10)16-5-7-18-12(8-16)4-6-17-3/h9,12H,4-8H2,1-3H3/t12-/m1/s1. The van der Waals surface area contributed by atoms with Crippen LogP contribution in [0.25, 0.3) is 0 Å². The molecule has 1 aromatic heterocycles. The molecule has 0 bridgehead atoms. The van der Waals surface area contributed by atoms with Crippen LogP contribution in [-0.4, -0.2) is 49.5 Å². The van der Waals surface area contributed by atoms with Gasteiger partial charge in [-0.1, -0.05) is 0 Å². The molecule has 0 spiro atoms. The van der Waals surface area contributed by atoms with Crippen molar-refractivity contribution in [3.05, 3.63) is 17.6 Å². The van der Waals surface area contributed by atoms with Gasteiger partial charge in [0.1, 0.15) is 12.1 Å². The number of aryl methyl sites for hydroxylation is 1. The van der Waals surface area contributed by atoms with Gasteiger partial charge in [-0.25, -0.2) is 9.97 Å². The summed E-state index contributed by atoms with van der Waals surface area (Å²) in [6.07, 6.45) is 2.79. The van der Waals surface area contributed by atoms with E-state index in [1.807, 2.05) is 6.92 Å². The van der Waals surface area contributed by atoms with Crippen LogP contribution in [0.4, 0.5) is 5.82 Å². The minimum atomic E-state index is 0.230. The van der Waals surface area contributed by atoms with Gasteiger partial charge in [0, 0.05) is 38.1 Å². The summed E-state index contributed by atoms with van der Waals surface area (Å²) in [5.74, 6) is 1.04. The number of ether oxygens (including phenoxy) is 2. The maximum absolute atomic E-state index is 5.74. The summed E-state index contributed by atoms with van der Waals surface area (Å²) in [7, 11) is 1.72. The molecule has 2 rings (SSSR count). The van der Waals surface area contributed by atoms with Crippen molar-refractivity contribution in [1.29, 1.82) is 0 Å². The Bertz CT molecular complexity index is 398. The van der Waals surface area contributed by atoms with E-state index in [4.69, 9.17) is 9.47 Å². The van der Waals surface area contributed by atoms with Crippen LogP contribution in [0.5, 0.6) is 0 Å².